The first-order chi connectivity index (χ1) is 5.96. The van der Waals surface area contributed by atoms with Crippen LogP contribution in [0.5, 0.6) is 0 Å². The number of rotatable bonds is 2. The first kappa shape index (κ1) is 9.37. The summed E-state index contributed by atoms with van der Waals surface area (Å²) in [5, 5.41) is 18.6. The molecule has 0 heterocycles. The van der Waals surface area contributed by atoms with Crippen LogP contribution in [0.3, 0.4) is 0 Å². The van der Waals surface area contributed by atoms with Gasteiger partial charge in [-0.3, -0.25) is 10.1 Å². The van der Waals surface area contributed by atoms with Crippen LogP contribution in [0.2, 0.25) is 0 Å². The molecule has 13 heavy (non-hydrogen) atoms. The van der Waals surface area contributed by atoms with E-state index >= 15 is 0 Å². The third-order valence-electron chi connectivity index (χ3n) is 1.68. The van der Waals surface area contributed by atoms with Crippen molar-refractivity contribution in [1.82, 2.24) is 0 Å². The van der Waals surface area contributed by atoms with E-state index in [9.17, 15) is 19.3 Å². The Bertz CT molecular complexity index is 322. The molecule has 1 rings (SSSR count). The minimum absolute atomic E-state index is 0.130. The number of hydrogen-bond donors (Lipinski definition) is 1. The van der Waals surface area contributed by atoms with Crippen molar-refractivity contribution >= 4 is 5.97 Å². The predicted molar refractivity (Wildman–Crippen MR) is 40.3 cm³/mol. The van der Waals surface area contributed by atoms with Crippen molar-refractivity contribution in [2.45, 2.75) is 12.2 Å². The summed E-state index contributed by atoms with van der Waals surface area (Å²) in [7, 11) is 0. The summed E-state index contributed by atoms with van der Waals surface area (Å²) >= 11 is 0. The number of aliphatic carboxylic acids is 1. The largest absolute Gasteiger partial charge is 0.478 e. The second-order valence-corrected chi connectivity index (χ2v) is 2.58. The zero-order chi connectivity index (χ0) is 10.1. The number of alkyl halides is 1. The minimum Gasteiger partial charge on any atom is -0.478 e. The van der Waals surface area contributed by atoms with Crippen LogP contribution >= 0.6 is 0 Å². The first-order valence-corrected chi connectivity index (χ1v) is 3.42. The normalized spacial score (nSPS) is 26.7. The van der Waals surface area contributed by atoms with Gasteiger partial charge in [-0.1, -0.05) is 6.08 Å². The fraction of sp³-hybridized carbons (Fsp3) is 0.286. The zero-order valence-corrected chi connectivity index (χ0v) is 6.44. The average Bonchev–Trinajstić information content (AvgIpc) is 2.04. The van der Waals surface area contributed by atoms with E-state index in [1.165, 1.54) is 0 Å². The smallest absolute Gasteiger partial charge is 0.381 e. The van der Waals surface area contributed by atoms with Crippen LogP contribution in [0.4, 0.5) is 4.39 Å². The molecule has 1 aliphatic rings. The Hall–Kier alpha value is -1.72. The van der Waals surface area contributed by atoms with Crippen LogP contribution in [0.15, 0.2) is 23.8 Å². The van der Waals surface area contributed by atoms with Crippen molar-refractivity contribution in [3.8, 4) is 0 Å². The molecule has 0 spiro atoms. The second kappa shape index (κ2) is 2.96. The summed E-state index contributed by atoms with van der Waals surface area (Å²) in [6.45, 7) is 0. The number of hydrogen-bond acceptors (Lipinski definition) is 3. The Morgan fingerprint density at radius 1 is 1.77 bits per heavy atom. The molecule has 0 aromatic carbocycles. The number of halogens is 1. The Balaban J connectivity index is 2.85. The van der Waals surface area contributed by atoms with Gasteiger partial charge in [0.25, 0.3) is 0 Å². The molecule has 6 heteroatoms. The van der Waals surface area contributed by atoms with Gasteiger partial charge in [-0.25, -0.2) is 4.79 Å². The van der Waals surface area contributed by atoms with Crippen molar-refractivity contribution in [3.05, 3.63) is 33.9 Å². The van der Waals surface area contributed by atoms with Crippen molar-refractivity contribution in [1.29, 1.82) is 0 Å². The lowest BCUT2D eigenvalue weighted by Crippen LogP contribution is -2.31. The number of nitro groups is 1. The highest BCUT2D eigenvalue weighted by Crippen LogP contribution is 2.25. The summed E-state index contributed by atoms with van der Waals surface area (Å²) in [6.07, 6.45) is 1.99. The fourth-order valence-corrected chi connectivity index (χ4v) is 0.901. The quantitative estimate of drug-likeness (QED) is 0.395. The van der Waals surface area contributed by atoms with E-state index in [1.807, 2.05) is 0 Å². The van der Waals surface area contributed by atoms with Gasteiger partial charge in [-0.2, -0.15) is 4.39 Å². The number of carboxylic acids is 1. The molecular weight excluding hydrogens is 181 g/mol. The second-order valence-electron chi connectivity index (χ2n) is 2.58. The van der Waals surface area contributed by atoms with Gasteiger partial charge in [0.15, 0.2) is 0 Å². The summed E-state index contributed by atoms with van der Waals surface area (Å²) in [6, 6.07) is 0. The van der Waals surface area contributed by atoms with Crippen molar-refractivity contribution in [2.24, 2.45) is 0 Å². The summed E-state index contributed by atoms with van der Waals surface area (Å²) < 4.78 is 13.1. The van der Waals surface area contributed by atoms with Crippen LogP contribution in [-0.2, 0) is 4.79 Å². The molecule has 0 fully saturated rings. The van der Waals surface area contributed by atoms with Gasteiger partial charge in [0.2, 0.25) is 0 Å². The molecule has 1 atom stereocenters. The number of nitrogens with zero attached hydrogens (tertiary/aromatic N) is 1. The van der Waals surface area contributed by atoms with Gasteiger partial charge in [0.05, 0.1) is 16.9 Å². The monoisotopic (exact) mass is 187 g/mol. The van der Waals surface area contributed by atoms with E-state index in [0.717, 1.165) is 12.2 Å². The van der Waals surface area contributed by atoms with Crippen LogP contribution in [0.1, 0.15) is 6.42 Å². The van der Waals surface area contributed by atoms with E-state index in [0.29, 0.717) is 6.08 Å². The number of carboxylic acid groups (broad SMARTS) is 1. The standard InChI is InChI=1S/C7H6FNO4/c8-7(9(12)13)3-1-5(2-4-7)6(10)11/h1-3H,4H2,(H,10,11). The van der Waals surface area contributed by atoms with Crippen LogP contribution in [0, 0.1) is 10.1 Å². The third kappa shape index (κ3) is 1.71. The highest BCUT2D eigenvalue weighted by atomic mass is 19.1. The topological polar surface area (TPSA) is 80.4 Å². The average molecular weight is 187 g/mol. The van der Waals surface area contributed by atoms with Crippen LogP contribution in [0.25, 0.3) is 0 Å². The zero-order valence-electron chi connectivity index (χ0n) is 6.44. The molecule has 0 aromatic heterocycles. The van der Waals surface area contributed by atoms with Gasteiger partial charge in [-0.15, -0.1) is 0 Å². The Morgan fingerprint density at radius 3 is 2.69 bits per heavy atom. The highest BCUT2D eigenvalue weighted by Gasteiger charge is 2.40. The summed E-state index contributed by atoms with van der Waals surface area (Å²) in [4.78, 5) is 19.4. The molecule has 0 aromatic rings. The summed E-state index contributed by atoms with van der Waals surface area (Å²) in [5.41, 5.74) is -0.130. The molecule has 5 nitrogen and oxygen atoms in total. The van der Waals surface area contributed by atoms with Gasteiger partial charge < -0.3 is 5.11 Å². The molecule has 0 amide bonds. The van der Waals surface area contributed by atoms with E-state index in [4.69, 9.17) is 5.11 Å². The number of carbonyl (C=O) groups is 1. The maximum Gasteiger partial charge on any atom is 0.381 e. The SMILES string of the molecule is O=C(O)C1=CCC(F)([N+](=O)[O-])C=C1. The van der Waals surface area contributed by atoms with E-state index in [-0.39, 0.29) is 5.57 Å². The molecule has 0 saturated carbocycles. The molecule has 0 saturated heterocycles. The molecule has 70 valence electrons. The molecule has 0 radical (unpaired) electrons. The predicted octanol–water partition coefficient (Wildman–Crippen LogP) is 0.900. The molecular formula is C7H6FNO4. The maximum atomic E-state index is 13.1. The van der Waals surface area contributed by atoms with Crippen molar-refractivity contribution < 1.29 is 19.2 Å². The minimum atomic E-state index is -2.65. The Kier molecular flexibility index (Phi) is 2.14. The van der Waals surface area contributed by atoms with E-state index in [1.54, 1.807) is 0 Å². The Morgan fingerprint density at radius 2 is 2.38 bits per heavy atom. The van der Waals surface area contributed by atoms with E-state index < -0.39 is 23.1 Å². The fourth-order valence-electron chi connectivity index (χ4n) is 0.901. The van der Waals surface area contributed by atoms with Crippen LogP contribution in [-0.4, -0.2) is 21.8 Å². The first-order valence-electron chi connectivity index (χ1n) is 3.42. The van der Waals surface area contributed by atoms with Gasteiger partial charge in [-0.05, 0) is 6.08 Å². The summed E-state index contributed by atoms with van der Waals surface area (Å²) in [5.74, 6) is -3.87. The molecule has 1 aliphatic carbocycles. The van der Waals surface area contributed by atoms with Gasteiger partial charge >= 0.3 is 11.8 Å². The lowest BCUT2D eigenvalue weighted by molar-refractivity contribution is -0.588. The Labute approximate surface area is 72.3 Å². The van der Waals surface area contributed by atoms with Crippen molar-refractivity contribution in [2.75, 3.05) is 0 Å². The van der Waals surface area contributed by atoms with Crippen LogP contribution < -0.4 is 0 Å². The third-order valence-corrected chi connectivity index (χ3v) is 1.68. The van der Waals surface area contributed by atoms with Gasteiger partial charge in [0.1, 0.15) is 0 Å². The van der Waals surface area contributed by atoms with E-state index in [2.05, 4.69) is 0 Å². The highest BCUT2D eigenvalue weighted by molar-refractivity contribution is 5.90. The van der Waals surface area contributed by atoms with Crippen molar-refractivity contribution in [3.63, 3.8) is 0 Å². The molecule has 1 unspecified atom stereocenters. The lowest BCUT2D eigenvalue weighted by atomic mass is 10.0. The maximum absolute atomic E-state index is 13.1. The lowest BCUT2D eigenvalue weighted by Gasteiger charge is -2.13. The molecule has 0 bridgehead atoms. The molecule has 0 aliphatic heterocycles. The van der Waals surface area contributed by atoms with Gasteiger partial charge in [0, 0.05) is 6.08 Å². The molecule has 1 N–H and O–H groups in total.